The molecule has 1 aromatic carbocycles. The lowest BCUT2D eigenvalue weighted by Gasteiger charge is -2.11. The fourth-order valence-corrected chi connectivity index (χ4v) is 2.41. The van der Waals surface area contributed by atoms with Crippen molar-refractivity contribution in [3.05, 3.63) is 46.1 Å². The molecule has 0 aliphatic carbocycles. The Morgan fingerprint density at radius 1 is 1.12 bits per heavy atom. The average molecular weight is 277 g/mol. The Morgan fingerprint density at radius 3 is 2.69 bits per heavy atom. The molecule has 1 aromatic heterocycles. The SMILES string of the molecule is Brc1ccc(-c2cc3c([nH]2)CCNC3)cc1. The largest absolute Gasteiger partial charge is 0.358 e. The summed E-state index contributed by atoms with van der Waals surface area (Å²) in [4.78, 5) is 3.51. The molecule has 16 heavy (non-hydrogen) atoms. The minimum Gasteiger partial charge on any atom is -0.358 e. The molecule has 0 saturated carbocycles. The van der Waals surface area contributed by atoms with Crippen molar-refractivity contribution in [2.24, 2.45) is 0 Å². The first-order valence-corrected chi connectivity index (χ1v) is 6.29. The first kappa shape index (κ1) is 10.1. The summed E-state index contributed by atoms with van der Waals surface area (Å²) in [6.45, 7) is 2.07. The van der Waals surface area contributed by atoms with Crippen LogP contribution in [0.1, 0.15) is 11.3 Å². The van der Waals surface area contributed by atoms with Crippen molar-refractivity contribution in [2.45, 2.75) is 13.0 Å². The van der Waals surface area contributed by atoms with E-state index in [9.17, 15) is 0 Å². The van der Waals surface area contributed by atoms with Crippen LogP contribution in [0.3, 0.4) is 0 Å². The number of aromatic amines is 1. The van der Waals surface area contributed by atoms with Crippen molar-refractivity contribution >= 4 is 15.9 Å². The molecular weight excluding hydrogens is 264 g/mol. The van der Waals surface area contributed by atoms with Gasteiger partial charge in [0, 0.05) is 35.4 Å². The third-order valence-electron chi connectivity index (χ3n) is 3.01. The Balaban J connectivity index is 2.00. The fraction of sp³-hybridized carbons (Fsp3) is 0.231. The summed E-state index contributed by atoms with van der Waals surface area (Å²) in [6, 6.07) is 10.7. The molecule has 2 N–H and O–H groups in total. The Hall–Kier alpha value is -1.06. The quantitative estimate of drug-likeness (QED) is 0.823. The van der Waals surface area contributed by atoms with E-state index in [0.29, 0.717) is 0 Å². The van der Waals surface area contributed by atoms with Crippen molar-refractivity contribution < 1.29 is 0 Å². The molecule has 3 heteroatoms. The number of fused-ring (bicyclic) bond motifs is 1. The van der Waals surface area contributed by atoms with Gasteiger partial charge in [0.2, 0.25) is 0 Å². The maximum Gasteiger partial charge on any atom is 0.0459 e. The molecule has 1 aliphatic heterocycles. The predicted octanol–water partition coefficient (Wildman–Crippen LogP) is 3.09. The van der Waals surface area contributed by atoms with E-state index in [0.717, 1.165) is 24.0 Å². The maximum absolute atomic E-state index is 3.51. The molecule has 2 nitrogen and oxygen atoms in total. The third kappa shape index (κ3) is 1.81. The lowest BCUT2D eigenvalue weighted by molar-refractivity contribution is 0.638. The van der Waals surface area contributed by atoms with Crippen LogP contribution in [0.15, 0.2) is 34.8 Å². The van der Waals surface area contributed by atoms with Crippen LogP contribution < -0.4 is 5.32 Å². The molecule has 0 saturated heterocycles. The van der Waals surface area contributed by atoms with Crippen LogP contribution in [0.2, 0.25) is 0 Å². The van der Waals surface area contributed by atoms with Crippen molar-refractivity contribution in [3.8, 4) is 11.3 Å². The second kappa shape index (κ2) is 4.07. The highest BCUT2D eigenvalue weighted by atomic mass is 79.9. The van der Waals surface area contributed by atoms with Crippen molar-refractivity contribution in [2.75, 3.05) is 6.54 Å². The maximum atomic E-state index is 3.51. The number of aromatic nitrogens is 1. The average Bonchev–Trinajstić information content (AvgIpc) is 2.73. The summed E-state index contributed by atoms with van der Waals surface area (Å²) >= 11 is 3.45. The normalized spacial score (nSPS) is 14.8. The van der Waals surface area contributed by atoms with Gasteiger partial charge in [0.1, 0.15) is 0 Å². The zero-order chi connectivity index (χ0) is 11.0. The molecule has 0 spiro atoms. The number of H-pyrrole nitrogens is 1. The number of halogens is 1. The van der Waals surface area contributed by atoms with Crippen LogP contribution in [-0.4, -0.2) is 11.5 Å². The predicted molar refractivity (Wildman–Crippen MR) is 69.3 cm³/mol. The van der Waals surface area contributed by atoms with Gasteiger partial charge in [-0.05, 0) is 29.3 Å². The molecule has 2 aromatic rings. The molecule has 0 amide bonds. The van der Waals surface area contributed by atoms with E-state index >= 15 is 0 Å². The van der Waals surface area contributed by atoms with E-state index in [1.165, 1.54) is 22.5 Å². The van der Waals surface area contributed by atoms with E-state index in [-0.39, 0.29) is 0 Å². The van der Waals surface area contributed by atoms with E-state index < -0.39 is 0 Å². The number of nitrogens with one attached hydrogen (secondary N) is 2. The minimum absolute atomic E-state index is 0.988. The van der Waals surface area contributed by atoms with Crippen molar-refractivity contribution in [3.63, 3.8) is 0 Å². The van der Waals surface area contributed by atoms with Gasteiger partial charge in [-0.2, -0.15) is 0 Å². The highest BCUT2D eigenvalue weighted by Gasteiger charge is 2.12. The summed E-state index contributed by atoms with van der Waals surface area (Å²) in [5, 5.41) is 3.39. The van der Waals surface area contributed by atoms with Crippen molar-refractivity contribution in [1.29, 1.82) is 0 Å². The number of hydrogen-bond acceptors (Lipinski definition) is 1. The van der Waals surface area contributed by atoms with Crippen LogP contribution in [-0.2, 0) is 13.0 Å². The molecule has 0 unspecified atom stereocenters. The van der Waals surface area contributed by atoms with Crippen molar-refractivity contribution in [1.82, 2.24) is 10.3 Å². The smallest absolute Gasteiger partial charge is 0.0459 e. The number of rotatable bonds is 1. The third-order valence-corrected chi connectivity index (χ3v) is 3.54. The second-order valence-corrected chi connectivity index (χ2v) is 5.04. The topological polar surface area (TPSA) is 27.8 Å². The van der Waals surface area contributed by atoms with Gasteiger partial charge in [0.15, 0.2) is 0 Å². The molecule has 2 heterocycles. The molecule has 0 radical (unpaired) electrons. The Kier molecular flexibility index (Phi) is 2.58. The van der Waals surface area contributed by atoms with E-state index in [2.05, 4.69) is 56.6 Å². The molecule has 1 aliphatic rings. The highest BCUT2D eigenvalue weighted by Crippen LogP contribution is 2.25. The zero-order valence-electron chi connectivity index (χ0n) is 8.89. The van der Waals surface area contributed by atoms with Gasteiger partial charge in [0.25, 0.3) is 0 Å². The highest BCUT2D eigenvalue weighted by molar-refractivity contribution is 9.10. The fourth-order valence-electron chi connectivity index (χ4n) is 2.14. The Bertz CT molecular complexity index is 476. The van der Waals surface area contributed by atoms with Crippen LogP contribution in [0.4, 0.5) is 0 Å². The van der Waals surface area contributed by atoms with Gasteiger partial charge < -0.3 is 10.3 Å². The van der Waals surface area contributed by atoms with Crippen LogP contribution in [0.5, 0.6) is 0 Å². The first-order chi connectivity index (χ1) is 7.83. The molecule has 82 valence electrons. The minimum atomic E-state index is 0.988. The number of benzene rings is 1. The molecule has 3 rings (SSSR count). The monoisotopic (exact) mass is 276 g/mol. The first-order valence-electron chi connectivity index (χ1n) is 5.50. The summed E-state index contributed by atoms with van der Waals surface area (Å²) < 4.78 is 1.12. The summed E-state index contributed by atoms with van der Waals surface area (Å²) in [5.41, 5.74) is 5.26. The number of hydrogen-bond donors (Lipinski definition) is 2. The zero-order valence-corrected chi connectivity index (χ0v) is 10.5. The summed E-state index contributed by atoms with van der Waals surface area (Å²) in [5.74, 6) is 0. The van der Waals surface area contributed by atoms with Gasteiger partial charge >= 0.3 is 0 Å². The lowest BCUT2D eigenvalue weighted by Crippen LogP contribution is -2.22. The Morgan fingerprint density at radius 2 is 1.94 bits per heavy atom. The molecule has 0 fully saturated rings. The van der Waals surface area contributed by atoms with Gasteiger partial charge in [-0.3, -0.25) is 0 Å². The van der Waals surface area contributed by atoms with E-state index in [1.807, 2.05) is 0 Å². The molecular formula is C13H13BrN2. The standard InChI is InChI=1S/C13H13BrN2/c14-11-3-1-9(2-4-11)13-7-10-8-15-6-5-12(10)16-13/h1-4,7,15-16H,5-6,8H2. The lowest BCUT2D eigenvalue weighted by atomic mass is 10.1. The van der Waals surface area contributed by atoms with Crippen LogP contribution >= 0.6 is 15.9 Å². The van der Waals surface area contributed by atoms with Gasteiger partial charge in [-0.25, -0.2) is 0 Å². The molecule has 0 atom stereocenters. The summed E-state index contributed by atoms with van der Waals surface area (Å²) in [7, 11) is 0. The van der Waals surface area contributed by atoms with Crippen LogP contribution in [0.25, 0.3) is 11.3 Å². The second-order valence-electron chi connectivity index (χ2n) is 4.12. The van der Waals surface area contributed by atoms with Gasteiger partial charge in [-0.15, -0.1) is 0 Å². The van der Waals surface area contributed by atoms with Gasteiger partial charge in [-0.1, -0.05) is 28.1 Å². The summed E-state index contributed by atoms with van der Waals surface area (Å²) in [6.07, 6.45) is 1.10. The van der Waals surface area contributed by atoms with Gasteiger partial charge in [0.05, 0.1) is 0 Å². The molecule has 0 bridgehead atoms. The van der Waals surface area contributed by atoms with Crippen LogP contribution in [0, 0.1) is 0 Å². The van der Waals surface area contributed by atoms with E-state index in [1.54, 1.807) is 0 Å². The van der Waals surface area contributed by atoms with E-state index in [4.69, 9.17) is 0 Å². The Labute approximate surface area is 103 Å².